The monoisotopic (exact) mass is 381 g/mol. The minimum absolute atomic E-state index is 0. The lowest BCUT2D eigenvalue weighted by atomic mass is 9.94. The topological polar surface area (TPSA) is 70.7 Å². The van der Waals surface area contributed by atoms with Crippen molar-refractivity contribution in [2.75, 3.05) is 32.1 Å². The Morgan fingerprint density at radius 2 is 1.85 bits per heavy atom. The van der Waals surface area contributed by atoms with Gasteiger partial charge in [-0.25, -0.2) is 0 Å². The molecule has 1 saturated heterocycles. The fraction of sp³-hybridized carbons (Fsp3) is 0.579. The molecule has 0 radical (unpaired) electrons. The summed E-state index contributed by atoms with van der Waals surface area (Å²) in [6, 6.07) is 7.14. The fourth-order valence-corrected chi connectivity index (χ4v) is 3.50. The van der Waals surface area contributed by atoms with Crippen LogP contribution in [-0.2, 0) is 9.53 Å². The third-order valence-electron chi connectivity index (χ3n) is 5.08. The number of hydrogen-bond acceptors (Lipinski definition) is 4. The van der Waals surface area contributed by atoms with Crippen molar-refractivity contribution >= 4 is 29.9 Å². The second-order valence-electron chi connectivity index (χ2n) is 6.86. The van der Waals surface area contributed by atoms with Crippen LogP contribution in [0.1, 0.15) is 42.5 Å². The van der Waals surface area contributed by atoms with Gasteiger partial charge >= 0.3 is 0 Å². The smallest absolute Gasteiger partial charge is 0.253 e. The molecule has 1 aliphatic heterocycles. The highest BCUT2D eigenvalue weighted by atomic mass is 35.5. The highest BCUT2D eigenvalue weighted by Gasteiger charge is 2.23. The Hall–Kier alpha value is -1.63. The molecule has 1 atom stereocenters. The lowest BCUT2D eigenvalue weighted by molar-refractivity contribution is -0.120. The van der Waals surface area contributed by atoms with Gasteiger partial charge in [-0.05, 0) is 37.1 Å². The van der Waals surface area contributed by atoms with Crippen molar-refractivity contribution in [1.29, 1.82) is 0 Å². The van der Waals surface area contributed by atoms with Gasteiger partial charge in [0.25, 0.3) is 5.91 Å². The minimum atomic E-state index is -0.326. The number of rotatable bonds is 4. The van der Waals surface area contributed by atoms with E-state index in [2.05, 4.69) is 10.6 Å². The lowest BCUT2D eigenvalue weighted by Crippen LogP contribution is -2.48. The average molecular weight is 382 g/mol. The first-order valence-corrected chi connectivity index (χ1v) is 9.14. The van der Waals surface area contributed by atoms with Gasteiger partial charge in [-0.15, -0.1) is 12.4 Å². The van der Waals surface area contributed by atoms with E-state index in [0.29, 0.717) is 37.1 Å². The number of ether oxygens (including phenoxy) is 1. The number of nitrogens with zero attached hydrogens (tertiary/aromatic N) is 1. The summed E-state index contributed by atoms with van der Waals surface area (Å²) in [6.45, 7) is 1.70. The quantitative estimate of drug-likeness (QED) is 0.840. The van der Waals surface area contributed by atoms with Gasteiger partial charge in [-0.3, -0.25) is 9.59 Å². The number of nitrogens with one attached hydrogen (secondary N) is 2. The number of anilines is 1. The van der Waals surface area contributed by atoms with Crippen molar-refractivity contribution in [2.45, 2.75) is 44.2 Å². The van der Waals surface area contributed by atoms with Gasteiger partial charge in [-0.2, -0.15) is 0 Å². The maximum atomic E-state index is 12.6. The summed E-state index contributed by atoms with van der Waals surface area (Å²) in [5.74, 6) is -0.0646. The van der Waals surface area contributed by atoms with E-state index in [9.17, 15) is 9.59 Å². The highest BCUT2D eigenvalue weighted by molar-refractivity contribution is 5.97. The predicted molar refractivity (Wildman–Crippen MR) is 104 cm³/mol. The zero-order valence-electron chi connectivity index (χ0n) is 15.2. The molecule has 2 aliphatic rings. The van der Waals surface area contributed by atoms with Crippen LogP contribution in [0.5, 0.6) is 0 Å². The summed E-state index contributed by atoms with van der Waals surface area (Å²) in [5.41, 5.74) is 1.35. The molecule has 1 saturated carbocycles. The Morgan fingerprint density at radius 3 is 2.46 bits per heavy atom. The Bertz CT molecular complexity index is 597. The van der Waals surface area contributed by atoms with E-state index < -0.39 is 0 Å². The molecular formula is C19H28ClN3O3. The summed E-state index contributed by atoms with van der Waals surface area (Å²) in [7, 11) is 1.89. The molecule has 2 fully saturated rings. The summed E-state index contributed by atoms with van der Waals surface area (Å²) >= 11 is 0. The Kier molecular flexibility index (Phi) is 7.87. The summed E-state index contributed by atoms with van der Waals surface area (Å²) in [4.78, 5) is 26.7. The number of hydrogen-bond donors (Lipinski definition) is 2. The zero-order valence-corrected chi connectivity index (χ0v) is 16.0. The van der Waals surface area contributed by atoms with Gasteiger partial charge in [0.15, 0.2) is 0 Å². The predicted octanol–water partition coefficient (Wildman–Crippen LogP) is 2.44. The van der Waals surface area contributed by atoms with E-state index in [1.54, 1.807) is 24.3 Å². The first kappa shape index (κ1) is 20.7. The third kappa shape index (κ3) is 5.19. The number of halogens is 1. The van der Waals surface area contributed by atoms with E-state index >= 15 is 0 Å². The van der Waals surface area contributed by atoms with Crippen LogP contribution < -0.4 is 10.6 Å². The van der Waals surface area contributed by atoms with Crippen molar-refractivity contribution in [2.24, 2.45) is 0 Å². The second kappa shape index (κ2) is 9.90. The Morgan fingerprint density at radius 1 is 1.15 bits per heavy atom. The number of morpholine rings is 1. The van der Waals surface area contributed by atoms with E-state index in [-0.39, 0.29) is 30.3 Å². The first-order chi connectivity index (χ1) is 12.1. The molecule has 1 heterocycles. The average Bonchev–Trinajstić information content (AvgIpc) is 2.69. The van der Waals surface area contributed by atoms with E-state index in [1.165, 1.54) is 19.3 Å². The Labute approximate surface area is 161 Å². The summed E-state index contributed by atoms with van der Waals surface area (Å²) in [6.07, 6.45) is 5.85. The number of amides is 2. The van der Waals surface area contributed by atoms with Crippen molar-refractivity contribution in [3.63, 3.8) is 0 Å². The molecule has 3 rings (SSSR count). The molecule has 6 nitrogen and oxygen atoms in total. The van der Waals surface area contributed by atoms with Gasteiger partial charge in [0.1, 0.15) is 6.04 Å². The van der Waals surface area contributed by atoms with Crippen LogP contribution in [0.3, 0.4) is 0 Å². The first-order valence-electron chi connectivity index (χ1n) is 9.14. The maximum Gasteiger partial charge on any atom is 0.253 e. The number of carbonyl (C=O) groups excluding carboxylic acids is 2. The molecule has 0 bridgehead atoms. The minimum Gasteiger partial charge on any atom is -0.378 e. The Balaban J connectivity index is 0.00000243. The van der Waals surface area contributed by atoms with Crippen molar-refractivity contribution in [3.05, 3.63) is 29.8 Å². The molecule has 0 aromatic heterocycles. The van der Waals surface area contributed by atoms with Crippen molar-refractivity contribution in [3.8, 4) is 0 Å². The van der Waals surface area contributed by atoms with E-state index in [1.807, 2.05) is 11.9 Å². The molecular weight excluding hydrogens is 354 g/mol. The highest BCUT2D eigenvalue weighted by Crippen LogP contribution is 2.23. The molecule has 1 aliphatic carbocycles. The molecule has 26 heavy (non-hydrogen) atoms. The zero-order chi connectivity index (χ0) is 17.6. The number of benzene rings is 1. The summed E-state index contributed by atoms with van der Waals surface area (Å²) in [5, 5.41) is 5.99. The molecule has 144 valence electrons. The second-order valence-corrected chi connectivity index (χ2v) is 6.86. The molecule has 1 aromatic carbocycles. The van der Waals surface area contributed by atoms with Crippen LogP contribution in [0.25, 0.3) is 0 Å². The molecule has 2 amide bonds. The van der Waals surface area contributed by atoms with Gasteiger partial charge in [0.2, 0.25) is 5.91 Å². The van der Waals surface area contributed by atoms with Gasteiger partial charge in [-0.1, -0.05) is 19.3 Å². The molecule has 2 N–H and O–H groups in total. The fourth-order valence-electron chi connectivity index (χ4n) is 3.50. The SMILES string of the molecule is CN(C(=O)c1ccc(NC(=O)C2COCCN2)cc1)C1CCCCC1.Cl. The van der Waals surface area contributed by atoms with E-state index in [4.69, 9.17) is 4.74 Å². The lowest BCUT2D eigenvalue weighted by Gasteiger charge is -2.31. The van der Waals surface area contributed by atoms with E-state index in [0.717, 1.165) is 12.8 Å². The van der Waals surface area contributed by atoms with Crippen LogP contribution >= 0.6 is 12.4 Å². The molecule has 1 aromatic rings. The van der Waals surface area contributed by atoms with Gasteiger partial charge in [0.05, 0.1) is 13.2 Å². The molecule has 0 spiro atoms. The van der Waals surface area contributed by atoms with Crippen LogP contribution in [0.4, 0.5) is 5.69 Å². The van der Waals surface area contributed by atoms with Gasteiger partial charge < -0.3 is 20.3 Å². The molecule has 7 heteroatoms. The van der Waals surface area contributed by atoms with Crippen LogP contribution in [0.15, 0.2) is 24.3 Å². The van der Waals surface area contributed by atoms with Crippen molar-refractivity contribution < 1.29 is 14.3 Å². The number of carbonyl (C=O) groups is 2. The maximum absolute atomic E-state index is 12.6. The third-order valence-corrected chi connectivity index (χ3v) is 5.08. The van der Waals surface area contributed by atoms with Gasteiger partial charge in [0, 0.05) is 30.9 Å². The van der Waals surface area contributed by atoms with Crippen LogP contribution in [-0.4, -0.2) is 55.6 Å². The standard InChI is InChI=1S/C19H27N3O3.ClH/c1-22(16-5-3-2-4-6-16)19(24)14-7-9-15(10-8-14)21-18(23)17-13-25-12-11-20-17;/h7-10,16-17,20H,2-6,11-13H2,1H3,(H,21,23);1H. The summed E-state index contributed by atoms with van der Waals surface area (Å²) < 4.78 is 5.30. The van der Waals surface area contributed by atoms with Crippen LogP contribution in [0.2, 0.25) is 0 Å². The normalized spacial score (nSPS) is 20.7. The molecule has 1 unspecified atom stereocenters. The largest absolute Gasteiger partial charge is 0.378 e. The van der Waals surface area contributed by atoms with Crippen LogP contribution in [0, 0.1) is 0 Å². The van der Waals surface area contributed by atoms with Crippen molar-refractivity contribution in [1.82, 2.24) is 10.2 Å².